The lowest BCUT2D eigenvalue weighted by Crippen LogP contribution is -2.18. The Morgan fingerprint density at radius 3 is 2.64 bits per heavy atom. The first-order valence-electron chi connectivity index (χ1n) is 5.02. The van der Waals surface area contributed by atoms with Crippen LogP contribution in [-0.4, -0.2) is 39.2 Å². The molecule has 1 aliphatic rings. The Hall–Kier alpha value is -0.130. The Kier molecular flexibility index (Phi) is 4.34. The summed E-state index contributed by atoms with van der Waals surface area (Å²) in [6, 6.07) is 0.273. The summed E-state index contributed by atoms with van der Waals surface area (Å²) in [6.45, 7) is 0.532. The molecule has 2 N–H and O–H groups in total. The minimum atomic E-state index is -2.84. The summed E-state index contributed by atoms with van der Waals surface area (Å²) in [7, 11) is -2.84. The molecule has 5 heteroatoms. The maximum absolute atomic E-state index is 10.8. The van der Waals surface area contributed by atoms with E-state index in [2.05, 4.69) is 0 Å². The molecule has 0 heterocycles. The van der Waals surface area contributed by atoms with Crippen LogP contribution < -0.4 is 5.73 Å². The van der Waals surface area contributed by atoms with E-state index in [0.29, 0.717) is 13.0 Å². The molecule has 14 heavy (non-hydrogen) atoms. The topological polar surface area (TPSA) is 69.4 Å². The molecule has 0 saturated heterocycles. The van der Waals surface area contributed by atoms with Gasteiger partial charge in [0.15, 0.2) is 0 Å². The third-order valence-corrected chi connectivity index (χ3v) is 3.47. The van der Waals surface area contributed by atoms with E-state index in [1.54, 1.807) is 0 Å². The highest BCUT2D eigenvalue weighted by molar-refractivity contribution is 7.90. The second kappa shape index (κ2) is 5.09. The Morgan fingerprint density at radius 1 is 1.43 bits per heavy atom. The average Bonchev–Trinajstić information content (AvgIpc) is 2.44. The quantitative estimate of drug-likeness (QED) is 0.679. The number of hydrogen-bond donors (Lipinski definition) is 1. The van der Waals surface area contributed by atoms with E-state index >= 15 is 0 Å². The maximum Gasteiger partial charge on any atom is 0.147 e. The average molecular weight is 221 g/mol. The predicted octanol–water partition coefficient (Wildman–Crippen LogP) is 0.318. The van der Waals surface area contributed by atoms with Crippen molar-refractivity contribution in [2.75, 3.05) is 18.6 Å². The molecule has 0 amide bonds. The molecular formula is C9H19NO3S. The molecule has 1 saturated carbocycles. The fourth-order valence-electron chi connectivity index (χ4n) is 1.70. The van der Waals surface area contributed by atoms with Gasteiger partial charge in [-0.2, -0.15) is 0 Å². The van der Waals surface area contributed by atoms with Crippen LogP contribution in [0.5, 0.6) is 0 Å². The highest BCUT2D eigenvalue weighted by Gasteiger charge is 2.21. The molecule has 0 aliphatic heterocycles. The Morgan fingerprint density at radius 2 is 2.14 bits per heavy atom. The van der Waals surface area contributed by atoms with E-state index in [4.69, 9.17) is 10.5 Å². The van der Waals surface area contributed by atoms with E-state index < -0.39 is 9.84 Å². The third kappa shape index (κ3) is 4.93. The van der Waals surface area contributed by atoms with Gasteiger partial charge in [0.25, 0.3) is 0 Å². The molecule has 84 valence electrons. The maximum atomic E-state index is 10.8. The van der Waals surface area contributed by atoms with Crippen molar-refractivity contribution in [3.05, 3.63) is 0 Å². The molecule has 2 unspecified atom stereocenters. The normalized spacial score (nSPS) is 28.1. The minimum absolute atomic E-state index is 0.214. The lowest BCUT2D eigenvalue weighted by atomic mass is 10.3. The summed E-state index contributed by atoms with van der Waals surface area (Å²) in [5, 5.41) is 0. The molecule has 4 nitrogen and oxygen atoms in total. The molecule has 0 bridgehead atoms. The molecule has 1 fully saturated rings. The second-order valence-electron chi connectivity index (χ2n) is 4.05. The Bertz CT molecular complexity index is 263. The number of sulfone groups is 1. The predicted molar refractivity (Wildman–Crippen MR) is 55.9 cm³/mol. The van der Waals surface area contributed by atoms with Crippen molar-refractivity contribution in [2.45, 2.75) is 37.8 Å². The lowest BCUT2D eigenvalue weighted by molar-refractivity contribution is 0.0583. The second-order valence-corrected chi connectivity index (χ2v) is 6.31. The summed E-state index contributed by atoms with van der Waals surface area (Å²) in [5.41, 5.74) is 5.72. The fraction of sp³-hybridized carbons (Fsp3) is 1.00. The van der Waals surface area contributed by atoms with Gasteiger partial charge in [0.2, 0.25) is 0 Å². The van der Waals surface area contributed by atoms with Crippen molar-refractivity contribution >= 4 is 9.84 Å². The molecule has 0 aromatic carbocycles. The molecule has 1 rings (SSSR count). The van der Waals surface area contributed by atoms with Gasteiger partial charge in [0.05, 0.1) is 11.9 Å². The van der Waals surface area contributed by atoms with Crippen LogP contribution >= 0.6 is 0 Å². The molecular weight excluding hydrogens is 202 g/mol. The van der Waals surface area contributed by atoms with E-state index in [1.165, 1.54) is 6.26 Å². The van der Waals surface area contributed by atoms with E-state index in [0.717, 1.165) is 19.3 Å². The lowest BCUT2D eigenvalue weighted by Gasteiger charge is -2.10. The third-order valence-electron chi connectivity index (χ3n) is 2.44. The van der Waals surface area contributed by atoms with Gasteiger partial charge in [-0.05, 0) is 25.7 Å². The Balaban J connectivity index is 2.05. The van der Waals surface area contributed by atoms with Crippen LogP contribution in [0.15, 0.2) is 0 Å². The molecule has 1 aliphatic carbocycles. The summed E-state index contributed by atoms with van der Waals surface area (Å²) >= 11 is 0. The zero-order valence-electron chi connectivity index (χ0n) is 8.61. The summed E-state index contributed by atoms with van der Waals surface area (Å²) in [4.78, 5) is 0. The van der Waals surface area contributed by atoms with E-state index in [1.807, 2.05) is 0 Å². The van der Waals surface area contributed by atoms with Gasteiger partial charge < -0.3 is 10.5 Å². The fourth-order valence-corrected chi connectivity index (χ4v) is 2.34. The van der Waals surface area contributed by atoms with Crippen molar-refractivity contribution in [1.82, 2.24) is 0 Å². The van der Waals surface area contributed by atoms with Crippen LogP contribution in [0.4, 0.5) is 0 Å². The molecule has 0 aromatic rings. The van der Waals surface area contributed by atoms with Crippen LogP contribution in [0, 0.1) is 0 Å². The van der Waals surface area contributed by atoms with Crippen molar-refractivity contribution < 1.29 is 13.2 Å². The number of hydrogen-bond acceptors (Lipinski definition) is 4. The molecule has 2 atom stereocenters. The van der Waals surface area contributed by atoms with Crippen molar-refractivity contribution in [3.63, 3.8) is 0 Å². The van der Waals surface area contributed by atoms with Gasteiger partial charge in [-0.1, -0.05) is 0 Å². The molecule has 0 aromatic heterocycles. The van der Waals surface area contributed by atoms with Gasteiger partial charge in [-0.15, -0.1) is 0 Å². The zero-order chi connectivity index (χ0) is 10.6. The summed E-state index contributed by atoms with van der Waals surface area (Å²) in [5.74, 6) is 0.214. The number of rotatable bonds is 5. The SMILES string of the molecule is CS(=O)(=O)CCCOC1CCC(N)C1. The largest absolute Gasteiger partial charge is 0.378 e. The zero-order valence-corrected chi connectivity index (χ0v) is 9.42. The molecule has 0 radical (unpaired) electrons. The summed E-state index contributed by atoms with van der Waals surface area (Å²) < 4.78 is 27.1. The van der Waals surface area contributed by atoms with Gasteiger partial charge in [-0.3, -0.25) is 0 Å². The Labute approximate surface area is 85.7 Å². The van der Waals surface area contributed by atoms with E-state index in [9.17, 15) is 8.42 Å². The van der Waals surface area contributed by atoms with Gasteiger partial charge in [0.1, 0.15) is 9.84 Å². The van der Waals surface area contributed by atoms with Crippen molar-refractivity contribution in [2.24, 2.45) is 5.73 Å². The van der Waals surface area contributed by atoms with Gasteiger partial charge >= 0.3 is 0 Å². The minimum Gasteiger partial charge on any atom is -0.378 e. The monoisotopic (exact) mass is 221 g/mol. The highest BCUT2D eigenvalue weighted by Crippen LogP contribution is 2.20. The molecule has 0 spiro atoms. The standard InChI is InChI=1S/C9H19NO3S/c1-14(11,12)6-2-5-13-9-4-3-8(10)7-9/h8-9H,2-7,10H2,1H3. The van der Waals surface area contributed by atoms with Crippen LogP contribution in [0.1, 0.15) is 25.7 Å². The summed E-state index contributed by atoms with van der Waals surface area (Å²) in [6.07, 6.45) is 5.04. The van der Waals surface area contributed by atoms with E-state index in [-0.39, 0.29) is 17.9 Å². The van der Waals surface area contributed by atoms with Crippen molar-refractivity contribution in [3.8, 4) is 0 Å². The van der Waals surface area contributed by atoms with Crippen molar-refractivity contribution in [1.29, 1.82) is 0 Å². The van der Waals surface area contributed by atoms with Crippen LogP contribution in [0.3, 0.4) is 0 Å². The van der Waals surface area contributed by atoms with Crippen LogP contribution in [0.25, 0.3) is 0 Å². The first-order valence-corrected chi connectivity index (χ1v) is 7.08. The highest BCUT2D eigenvalue weighted by atomic mass is 32.2. The smallest absolute Gasteiger partial charge is 0.147 e. The van der Waals surface area contributed by atoms with Crippen LogP contribution in [0.2, 0.25) is 0 Å². The first-order chi connectivity index (χ1) is 6.47. The van der Waals surface area contributed by atoms with Crippen LogP contribution in [-0.2, 0) is 14.6 Å². The first kappa shape index (κ1) is 11.9. The number of nitrogens with two attached hydrogens (primary N) is 1. The van der Waals surface area contributed by atoms with Gasteiger partial charge in [-0.25, -0.2) is 8.42 Å². The van der Waals surface area contributed by atoms with Gasteiger partial charge in [0, 0.05) is 18.9 Å². The number of ether oxygens (including phenoxy) is 1.